The lowest BCUT2D eigenvalue weighted by molar-refractivity contribution is -0.386. The quantitative estimate of drug-likeness (QED) is 0.323. The molecule has 1 aliphatic heterocycles. The number of carbonyl (C=O) groups excluding carboxylic acids is 1. The Bertz CT molecular complexity index is 1050. The number of ether oxygens (including phenoxy) is 2. The first-order chi connectivity index (χ1) is 14.3. The van der Waals surface area contributed by atoms with Gasteiger partial charge in [-0.05, 0) is 61.1 Å². The largest absolute Gasteiger partial charge is 0.500 e. The summed E-state index contributed by atoms with van der Waals surface area (Å²) in [6.07, 6.45) is 1.46. The Kier molecular flexibility index (Phi) is 5.88. The molecule has 30 heavy (non-hydrogen) atoms. The molecule has 0 radical (unpaired) electrons. The third-order valence-corrected chi connectivity index (χ3v) is 4.92. The van der Waals surface area contributed by atoms with Gasteiger partial charge >= 0.3 is 5.69 Å². The van der Waals surface area contributed by atoms with E-state index in [-0.39, 0.29) is 22.5 Å². The molecule has 0 unspecified atom stereocenters. The summed E-state index contributed by atoms with van der Waals surface area (Å²) in [5, 5.41) is 21.4. The van der Waals surface area contributed by atoms with Crippen molar-refractivity contribution in [3.05, 3.63) is 57.8 Å². The molecule has 2 aromatic rings. The molecule has 0 saturated carbocycles. The van der Waals surface area contributed by atoms with E-state index < -0.39 is 16.4 Å². The monoisotopic (exact) mass is 429 g/mol. The highest BCUT2D eigenvalue weighted by atomic mass is 32.1. The topological polar surface area (TPSA) is 105 Å². The van der Waals surface area contributed by atoms with E-state index in [1.807, 2.05) is 6.92 Å². The van der Waals surface area contributed by atoms with Crippen molar-refractivity contribution in [2.45, 2.75) is 6.92 Å². The molecule has 10 heteroatoms. The van der Waals surface area contributed by atoms with Gasteiger partial charge in [-0.1, -0.05) is 0 Å². The van der Waals surface area contributed by atoms with Gasteiger partial charge in [0.05, 0.1) is 24.3 Å². The van der Waals surface area contributed by atoms with Crippen molar-refractivity contribution < 1.29 is 24.3 Å². The number of phenolic OH excluding ortho intramolecular Hbond substituents is 1. The van der Waals surface area contributed by atoms with Crippen molar-refractivity contribution in [3.8, 4) is 17.2 Å². The lowest BCUT2D eigenvalue weighted by Gasteiger charge is -2.16. The summed E-state index contributed by atoms with van der Waals surface area (Å²) < 4.78 is 10.4. The second-order valence-electron chi connectivity index (χ2n) is 6.29. The fraction of sp³-hybridized carbons (Fsp3) is 0.200. The number of thiocarbonyl (C=S) groups is 1. The molecule has 156 valence electrons. The minimum Gasteiger partial charge on any atom is -0.500 e. The number of hydrogen-bond donors (Lipinski definition) is 1. The van der Waals surface area contributed by atoms with E-state index >= 15 is 0 Å². The highest BCUT2D eigenvalue weighted by molar-refractivity contribution is 7.80. The molecule has 1 aliphatic rings. The number of phenols is 1. The maximum atomic E-state index is 13.1. The van der Waals surface area contributed by atoms with Crippen LogP contribution in [0.15, 0.2) is 42.1 Å². The van der Waals surface area contributed by atoms with Crippen LogP contribution < -0.4 is 14.4 Å². The first-order valence-corrected chi connectivity index (χ1v) is 9.31. The highest BCUT2D eigenvalue weighted by Crippen LogP contribution is 2.38. The fourth-order valence-corrected chi connectivity index (χ4v) is 3.28. The first-order valence-electron chi connectivity index (χ1n) is 8.90. The van der Waals surface area contributed by atoms with Gasteiger partial charge in [0, 0.05) is 13.1 Å². The molecule has 1 fully saturated rings. The van der Waals surface area contributed by atoms with Crippen molar-refractivity contribution in [3.63, 3.8) is 0 Å². The number of benzene rings is 2. The van der Waals surface area contributed by atoms with E-state index in [1.54, 1.807) is 31.3 Å². The Morgan fingerprint density at radius 3 is 2.50 bits per heavy atom. The molecule has 9 nitrogen and oxygen atoms in total. The maximum absolute atomic E-state index is 13.1. The van der Waals surface area contributed by atoms with Crippen LogP contribution in [0.25, 0.3) is 6.08 Å². The molecular formula is C20H19N3O6S. The summed E-state index contributed by atoms with van der Waals surface area (Å²) in [5.74, 6) is -0.370. The van der Waals surface area contributed by atoms with Crippen LogP contribution in [-0.2, 0) is 4.79 Å². The van der Waals surface area contributed by atoms with Crippen molar-refractivity contribution in [2.75, 3.05) is 25.7 Å². The number of amides is 1. The van der Waals surface area contributed by atoms with E-state index in [1.165, 1.54) is 29.1 Å². The predicted molar refractivity (Wildman–Crippen MR) is 115 cm³/mol. The molecular weight excluding hydrogens is 410 g/mol. The van der Waals surface area contributed by atoms with E-state index in [9.17, 15) is 20.0 Å². The molecule has 0 bridgehead atoms. The number of methoxy groups -OCH3 is 1. The lowest BCUT2D eigenvalue weighted by atomic mass is 10.1. The number of rotatable bonds is 6. The second kappa shape index (κ2) is 8.37. The first kappa shape index (κ1) is 21.1. The molecule has 1 amide bonds. The molecule has 1 N–H and O–H groups in total. The molecule has 0 aliphatic carbocycles. The fourth-order valence-electron chi connectivity index (χ4n) is 2.99. The third kappa shape index (κ3) is 3.77. The Morgan fingerprint density at radius 1 is 1.27 bits per heavy atom. The van der Waals surface area contributed by atoms with Gasteiger partial charge < -0.3 is 19.5 Å². The number of nitrogens with zero attached hydrogens (tertiary/aromatic N) is 3. The van der Waals surface area contributed by atoms with E-state index in [0.29, 0.717) is 23.6 Å². The summed E-state index contributed by atoms with van der Waals surface area (Å²) >= 11 is 5.42. The standard InChI is InChI=1S/C20H19N3O6S/c1-4-29-14-7-5-13(6-8-14)22-19(25)16(21(2)20(22)30)10-12-9-15(23(26)27)18(24)17(11-12)28-3/h5-11,24H,4H2,1-3H3/b16-10-. The summed E-state index contributed by atoms with van der Waals surface area (Å²) in [6.45, 7) is 2.40. The van der Waals surface area contributed by atoms with Crippen LogP contribution in [0.4, 0.5) is 11.4 Å². The zero-order valence-electron chi connectivity index (χ0n) is 16.5. The van der Waals surface area contributed by atoms with Crippen LogP contribution in [0.3, 0.4) is 0 Å². The van der Waals surface area contributed by atoms with Crippen molar-refractivity contribution >= 4 is 40.7 Å². The minimum absolute atomic E-state index is 0.0740. The summed E-state index contributed by atoms with van der Waals surface area (Å²) in [4.78, 5) is 26.4. The van der Waals surface area contributed by atoms with Gasteiger partial charge in [0.25, 0.3) is 5.91 Å². The number of nitro groups is 1. The Hall–Kier alpha value is -3.66. The zero-order valence-corrected chi connectivity index (χ0v) is 17.3. The zero-order chi connectivity index (χ0) is 22.0. The van der Waals surface area contributed by atoms with E-state index in [2.05, 4.69) is 0 Å². The molecule has 1 saturated heterocycles. The van der Waals surface area contributed by atoms with Gasteiger partial charge in [0.15, 0.2) is 10.9 Å². The Morgan fingerprint density at radius 2 is 1.93 bits per heavy atom. The SMILES string of the molecule is CCOc1ccc(N2C(=O)/C(=C/c3cc(OC)c(O)c([N+](=O)[O-])c3)N(C)C2=S)cc1. The lowest BCUT2D eigenvalue weighted by Crippen LogP contribution is -2.31. The van der Waals surface area contributed by atoms with Gasteiger partial charge in [-0.25, -0.2) is 0 Å². The van der Waals surface area contributed by atoms with Gasteiger partial charge in [-0.2, -0.15) is 0 Å². The smallest absolute Gasteiger partial charge is 0.315 e. The Balaban J connectivity index is 2.00. The van der Waals surface area contributed by atoms with Crippen LogP contribution in [-0.4, -0.2) is 46.7 Å². The predicted octanol–water partition coefficient (Wildman–Crippen LogP) is 3.31. The van der Waals surface area contributed by atoms with Crippen LogP contribution in [0.5, 0.6) is 17.2 Å². The summed E-state index contributed by atoms with van der Waals surface area (Å²) in [6, 6.07) is 9.49. The molecule has 2 aromatic carbocycles. The van der Waals surface area contributed by atoms with Crippen LogP contribution >= 0.6 is 12.2 Å². The van der Waals surface area contributed by atoms with E-state index in [4.69, 9.17) is 21.7 Å². The van der Waals surface area contributed by atoms with Crippen molar-refractivity contribution in [2.24, 2.45) is 0 Å². The summed E-state index contributed by atoms with van der Waals surface area (Å²) in [7, 11) is 2.91. The highest BCUT2D eigenvalue weighted by Gasteiger charge is 2.37. The second-order valence-corrected chi connectivity index (χ2v) is 6.65. The van der Waals surface area contributed by atoms with Gasteiger partial charge in [0.2, 0.25) is 5.75 Å². The minimum atomic E-state index is -0.725. The summed E-state index contributed by atoms with van der Waals surface area (Å²) in [5.41, 5.74) is 0.567. The van der Waals surface area contributed by atoms with Gasteiger partial charge in [-0.3, -0.25) is 19.8 Å². The average Bonchev–Trinajstić information content (AvgIpc) is 2.93. The molecule has 0 atom stereocenters. The molecule has 1 heterocycles. The van der Waals surface area contributed by atoms with Crippen LogP contribution in [0.2, 0.25) is 0 Å². The number of nitro benzene ring substituents is 1. The number of likely N-dealkylation sites (N-methyl/N-ethyl adjacent to an activating group) is 1. The van der Waals surface area contributed by atoms with E-state index in [0.717, 1.165) is 6.07 Å². The number of carbonyl (C=O) groups is 1. The van der Waals surface area contributed by atoms with Crippen molar-refractivity contribution in [1.82, 2.24) is 4.90 Å². The average molecular weight is 429 g/mol. The third-order valence-electron chi connectivity index (χ3n) is 4.46. The molecule has 0 spiro atoms. The van der Waals surface area contributed by atoms with Crippen LogP contribution in [0.1, 0.15) is 12.5 Å². The number of anilines is 1. The molecule has 0 aromatic heterocycles. The van der Waals surface area contributed by atoms with Crippen LogP contribution in [0, 0.1) is 10.1 Å². The van der Waals surface area contributed by atoms with Gasteiger partial charge in [0.1, 0.15) is 11.4 Å². The van der Waals surface area contributed by atoms with Crippen molar-refractivity contribution in [1.29, 1.82) is 0 Å². The Labute approximate surface area is 177 Å². The van der Waals surface area contributed by atoms with Gasteiger partial charge in [-0.15, -0.1) is 0 Å². The normalized spacial score (nSPS) is 15.1. The maximum Gasteiger partial charge on any atom is 0.315 e. The number of hydrogen-bond acceptors (Lipinski definition) is 7. The molecule has 3 rings (SSSR count). The number of aromatic hydroxyl groups is 1.